The smallest absolute Gasteiger partial charge is 0.229 e. The molecule has 1 aliphatic rings. The van der Waals surface area contributed by atoms with Gasteiger partial charge in [-0.1, -0.05) is 24.3 Å². The molecule has 2 unspecified atom stereocenters. The largest absolute Gasteiger partial charge is 0.497 e. The third-order valence-electron chi connectivity index (χ3n) is 5.17. The van der Waals surface area contributed by atoms with Crippen molar-refractivity contribution in [3.63, 3.8) is 0 Å². The molecule has 2 aromatic rings. The quantitative estimate of drug-likeness (QED) is 0.751. The molecule has 3 rings (SSSR count). The average molecular weight is 389 g/mol. The van der Waals surface area contributed by atoms with Crippen LogP contribution in [0, 0.1) is 0 Å². The van der Waals surface area contributed by atoms with Gasteiger partial charge in [0.2, 0.25) is 10.0 Å². The maximum Gasteiger partial charge on any atom is 0.229 e. The van der Waals surface area contributed by atoms with Gasteiger partial charge < -0.3 is 10.1 Å². The second-order valence-corrected chi connectivity index (χ2v) is 9.12. The van der Waals surface area contributed by atoms with Crippen LogP contribution in [0.1, 0.15) is 49.3 Å². The van der Waals surface area contributed by atoms with Crippen molar-refractivity contribution in [2.24, 2.45) is 0 Å². The van der Waals surface area contributed by atoms with Gasteiger partial charge in [0, 0.05) is 17.8 Å². The molecule has 27 heavy (non-hydrogen) atoms. The fourth-order valence-corrected chi connectivity index (χ4v) is 4.42. The van der Waals surface area contributed by atoms with Crippen LogP contribution in [0.25, 0.3) is 0 Å². The lowest BCUT2D eigenvalue weighted by molar-refractivity contribution is 0.411. The summed E-state index contributed by atoms with van der Waals surface area (Å²) >= 11 is 0. The molecule has 0 heterocycles. The van der Waals surface area contributed by atoms with E-state index in [4.69, 9.17) is 4.74 Å². The number of benzene rings is 2. The Bertz CT molecular complexity index is 883. The lowest BCUT2D eigenvalue weighted by atomic mass is 9.97. The summed E-state index contributed by atoms with van der Waals surface area (Å²) in [6, 6.07) is 16.6. The van der Waals surface area contributed by atoms with E-state index in [1.807, 2.05) is 24.3 Å². The van der Waals surface area contributed by atoms with Gasteiger partial charge in [0.1, 0.15) is 5.75 Å². The Hall–Kier alpha value is -2.05. The number of methoxy groups -OCH3 is 1. The summed E-state index contributed by atoms with van der Waals surface area (Å²) in [6.45, 7) is 2.18. The van der Waals surface area contributed by atoms with Gasteiger partial charge in [-0.2, -0.15) is 0 Å². The maximum absolute atomic E-state index is 11.5. The van der Waals surface area contributed by atoms with Gasteiger partial charge in [0.25, 0.3) is 0 Å². The highest BCUT2D eigenvalue weighted by Crippen LogP contribution is 2.36. The molecule has 0 bridgehead atoms. The van der Waals surface area contributed by atoms with E-state index in [9.17, 15) is 8.42 Å². The zero-order valence-electron chi connectivity index (χ0n) is 16.1. The summed E-state index contributed by atoms with van der Waals surface area (Å²) in [4.78, 5) is 0. The van der Waals surface area contributed by atoms with Crippen molar-refractivity contribution >= 4 is 15.7 Å². The minimum atomic E-state index is -3.25. The summed E-state index contributed by atoms with van der Waals surface area (Å²) in [5.74, 6) is 1.32. The van der Waals surface area contributed by atoms with Gasteiger partial charge in [-0.05, 0) is 67.5 Å². The number of anilines is 1. The highest BCUT2D eigenvalue weighted by molar-refractivity contribution is 7.92. The highest BCUT2D eigenvalue weighted by atomic mass is 32.2. The lowest BCUT2D eigenvalue weighted by Gasteiger charge is -2.21. The summed E-state index contributed by atoms with van der Waals surface area (Å²) in [7, 11) is -1.57. The van der Waals surface area contributed by atoms with Gasteiger partial charge in [0.15, 0.2) is 0 Å². The van der Waals surface area contributed by atoms with Crippen molar-refractivity contribution in [1.29, 1.82) is 0 Å². The average Bonchev–Trinajstić information content (AvgIpc) is 3.09. The summed E-state index contributed by atoms with van der Waals surface area (Å²) in [5.41, 5.74) is 3.05. The molecule has 3 atom stereocenters. The van der Waals surface area contributed by atoms with Crippen LogP contribution in [-0.2, 0) is 10.0 Å². The Morgan fingerprint density at radius 2 is 1.89 bits per heavy atom. The molecule has 1 aliphatic carbocycles. The van der Waals surface area contributed by atoms with Crippen LogP contribution >= 0.6 is 0 Å². The van der Waals surface area contributed by atoms with Crippen LogP contribution in [0.2, 0.25) is 0 Å². The standard InChI is InChI=1S/C21H28N2O3S/c1-15(16-6-5-9-21(14-16)26-2)22-19-11-10-18(12-19)17-7-4-8-20(13-17)23-27(3,24)25/h4-9,13-15,18-19,22-23H,10-12H2,1-3H3/t15-,18?,19?/m1/s1. The summed E-state index contributed by atoms with van der Waals surface area (Å²) < 4.78 is 30.8. The molecule has 1 fully saturated rings. The number of rotatable bonds is 7. The molecule has 0 aliphatic heterocycles. The van der Waals surface area contributed by atoms with Crippen LogP contribution in [-0.4, -0.2) is 27.8 Å². The zero-order valence-corrected chi connectivity index (χ0v) is 16.9. The topological polar surface area (TPSA) is 67.4 Å². The van der Waals surface area contributed by atoms with Gasteiger partial charge in [-0.3, -0.25) is 4.72 Å². The molecule has 1 saturated carbocycles. The van der Waals surface area contributed by atoms with Crippen molar-refractivity contribution in [2.45, 2.75) is 44.2 Å². The second kappa shape index (κ2) is 8.31. The first kappa shape index (κ1) is 19.7. The second-order valence-electron chi connectivity index (χ2n) is 7.37. The van der Waals surface area contributed by atoms with E-state index in [0.717, 1.165) is 25.0 Å². The molecule has 0 aromatic heterocycles. The molecular weight excluding hydrogens is 360 g/mol. The van der Waals surface area contributed by atoms with E-state index in [1.165, 1.54) is 17.4 Å². The van der Waals surface area contributed by atoms with Crippen LogP contribution in [0.5, 0.6) is 5.75 Å². The third-order valence-corrected chi connectivity index (χ3v) is 5.78. The van der Waals surface area contributed by atoms with Crippen molar-refractivity contribution < 1.29 is 13.2 Å². The number of ether oxygens (including phenoxy) is 1. The van der Waals surface area contributed by atoms with E-state index >= 15 is 0 Å². The molecule has 5 nitrogen and oxygen atoms in total. The molecule has 2 N–H and O–H groups in total. The minimum absolute atomic E-state index is 0.252. The SMILES string of the molecule is COc1cccc([C@@H](C)NC2CCC(c3cccc(NS(C)(=O)=O)c3)C2)c1. The van der Waals surface area contributed by atoms with Crippen molar-refractivity contribution in [3.05, 3.63) is 59.7 Å². The predicted octanol–water partition coefficient (Wildman–Crippen LogP) is 4.05. The number of hydrogen-bond acceptors (Lipinski definition) is 4. The van der Waals surface area contributed by atoms with Crippen LogP contribution in [0.15, 0.2) is 48.5 Å². The summed E-state index contributed by atoms with van der Waals surface area (Å²) in [5, 5.41) is 3.73. The maximum atomic E-state index is 11.5. The minimum Gasteiger partial charge on any atom is -0.497 e. The molecule has 0 radical (unpaired) electrons. The van der Waals surface area contributed by atoms with Crippen molar-refractivity contribution in [3.8, 4) is 5.75 Å². The Balaban J connectivity index is 1.62. The monoisotopic (exact) mass is 388 g/mol. The van der Waals surface area contributed by atoms with Gasteiger partial charge in [-0.15, -0.1) is 0 Å². The fourth-order valence-electron chi connectivity index (χ4n) is 3.87. The van der Waals surface area contributed by atoms with Crippen LogP contribution < -0.4 is 14.8 Å². The third kappa shape index (κ3) is 5.47. The number of hydrogen-bond donors (Lipinski definition) is 2. The lowest BCUT2D eigenvalue weighted by Crippen LogP contribution is -2.29. The molecule has 6 heteroatoms. The Labute approximate surface area is 162 Å². The number of nitrogens with one attached hydrogen (secondary N) is 2. The highest BCUT2D eigenvalue weighted by Gasteiger charge is 2.27. The first-order chi connectivity index (χ1) is 12.8. The van der Waals surface area contributed by atoms with E-state index in [0.29, 0.717) is 17.6 Å². The Kier molecular flexibility index (Phi) is 6.07. The predicted molar refractivity (Wildman–Crippen MR) is 110 cm³/mol. The fraction of sp³-hybridized carbons (Fsp3) is 0.429. The first-order valence-electron chi connectivity index (χ1n) is 9.32. The Morgan fingerprint density at radius 1 is 1.11 bits per heavy atom. The molecule has 0 saturated heterocycles. The van der Waals surface area contributed by atoms with E-state index in [-0.39, 0.29) is 6.04 Å². The molecular formula is C21H28N2O3S. The van der Waals surface area contributed by atoms with E-state index in [1.54, 1.807) is 13.2 Å². The molecule has 146 valence electrons. The van der Waals surface area contributed by atoms with Crippen molar-refractivity contribution in [2.75, 3.05) is 18.1 Å². The number of sulfonamides is 1. The first-order valence-corrected chi connectivity index (χ1v) is 11.2. The molecule has 0 amide bonds. The van der Waals surface area contributed by atoms with Crippen molar-refractivity contribution in [1.82, 2.24) is 5.32 Å². The van der Waals surface area contributed by atoms with E-state index < -0.39 is 10.0 Å². The Morgan fingerprint density at radius 3 is 2.63 bits per heavy atom. The summed E-state index contributed by atoms with van der Waals surface area (Å²) in [6.07, 6.45) is 4.44. The molecule has 0 spiro atoms. The van der Waals surface area contributed by atoms with Gasteiger partial charge in [-0.25, -0.2) is 8.42 Å². The van der Waals surface area contributed by atoms with E-state index in [2.05, 4.69) is 35.2 Å². The van der Waals surface area contributed by atoms with Gasteiger partial charge >= 0.3 is 0 Å². The molecule has 2 aromatic carbocycles. The van der Waals surface area contributed by atoms with Crippen LogP contribution in [0.3, 0.4) is 0 Å². The van der Waals surface area contributed by atoms with Crippen LogP contribution in [0.4, 0.5) is 5.69 Å². The zero-order chi connectivity index (χ0) is 19.4. The van der Waals surface area contributed by atoms with Gasteiger partial charge in [0.05, 0.1) is 13.4 Å². The normalized spacial score (nSPS) is 21.0.